The fraction of sp³-hybridized carbons (Fsp3) is 0.455. The first-order valence-corrected chi connectivity index (χ1v) is 5.03. The van der Waals surface area contributed by atoms with E-state index in [1.165, 1.54) is 0 Å². The summed E-state index contributed by atoms with van der Waals surface area (Å²) in [5, 5.41) is 8.82. The Hall–Kier alpha value is -1.76. The third-order valence-electron chi connectivity index (χ3n) is 2.28. The van der Waals surface area contributed by atoms with Gasteiger partial charge in [-0.05, 0) is 32.9 Å². The number of nitrogens with two attached hydrogens (primary N) is 1. The van der Waals surface area contributed by atoms with Crippen molar-refractivity contribution in [1.82, 2.24) is 4.98 Å². The van der Waals surface area contributed by atoms with Crippen molar-refractivity contribution < 1.29 is 0 Å². The lowest BCUT2D eigenvalue weighted by atomic mass is 10.2. The summed E-state index contributed by atoms with van der Waals surface area (Å²) < 4.78 is 0. The minimum absolute atomic E-state index is 0.298. The molecule has 15 heavy (non-hydrogen) atoms. The number of pyridine rings is 1. The maximum Gasteiger partial charge on any atom is 0.165 e. The van der Waals surface area contributed by atoms with Crippen LogP contribution in [0.2, 0.25) is 0 Å². The van der Waals surface area contributed by atoms with Gasteiger partial charge in [-0.2, -0.15) is 5.26 Å². The number of nitrogens with zero attached hydrogens (tertiary/aromatic N) is 3. The molecule has 0 saturated carbocycles. The lowest BCUT2D eigenvalue weighted by Gasteiger charge is -2.26. The first kappa shape index (κ1) is 11.3. The first-order valence-electron chi connectivity index (χ1n) is 5.03. The van der Waals surface area contributed by atoms with Crippen LogP contribution in [-0.4, -0.2) is 17.6 Å². The summed E-state index contributed by atoms with van der Waals surface area (Å²) in [6.07, 6.45) is 0. The zero-order valence-corrected chi connectivity index (χ0v) is 9.36. The maximum atomic E-state index is 8.82. The van der Waals surface area contributed by atoms with E-state index < -0.39 is 0 Å². The number of aromatic nitrogens is 1. The Balaban J connectivity index is 3.10. The lowest BCUT2D eigenvalue weighted by molar-refractivity contribution is 0.693. The summed E-state index contributed by atoms with van der Waals surface area (Å²) in [6, 6.07) is 5.92. The Morgan fingerprint density at radius 2 is 2.20 bits per heavy atom. The highest BCUT2D eigenvalue weighted by atomic mass is 15.2. The molecule has 1 aromatic rings. The third-order valence-corrected chi connectivity index (χ3v) is 2.28. The van der Waals surface area contributed by atoms with Gasteiger partial charge < -0.3 is 10.6 Å². The Bertz CT molecular complexity index is 379. The fourth-order valence-corrected chi connectivity index (χ4v) is 1.50. The molecule has 0 bridgehead atoms. The predicted octanol–water partition coefficient (Wildman–Crippen LogP) is 1.77. The zero-order valence-electron chi connectivity index (χ0n) is 9.36. The van der Waals surface area contributed by atoms with Crippen molar-refractivity contribution in [2.24, 2.45) is 0 Å². The molecule has 1 rings (SSSR count). The van der Waals surface area contributed by atoms with Crippen molar-refractivity contribution in [3.05, 3.63) is 17.8 Å². The van der Waals surface area contributed by atoms with Crippen LogP contribution in [0, 0.1) is 11.3 Å². The maximum absolute atomic E-state index is 8.82. The van der Waals surface area contributed by atoms with Crippen LogP contribution in [0.25, 0.3) is 0 Å². The molecule has 0 aliphatic rings. The van der Waals surface area contributed by atoms with Crippen LogP contribution in [-0.2, 0) is 0 Å². The third kappa shape index (κ3) is 2.38. The molecule has 0 radical (unpaired) electrons. The van der Waals surface area contributed by atoms with Crippen molar-refractivity contribution >= 4 is 11.5 Å². The van der Waals surface area contributed by atoms with Gasteiger partial charge in [-0.3, -0.25) is 0 Å². The lowest BCUT2D eigenvalue weighted by Crippen LogP contribution is -2.31. The highest BCUT2D eigenvalue weighted by Crippen LogP contribution is 2.17. The molecule has 1 aromatic heterocycles. The molecule has 0 fully saturated rings. The normalized spacial score (nSPS) is 10.1. The Kier molecular flexibility index (Phi) is 3.51. The van der Waals surface area contributed by atoms with E-state index in [4.69, 9.17) is 11.0 Å². The van der Waals surface area contributed by atoms with E-state index in [1.54, 1.807) is 6.07 Å². The van der Waals surface area contributed by atoms with E-state index in [9.17, 15) is 0 Å². The minimum Gasteiger partial charge on any atom is -0.396 e. The number of nitrogen functional groups attached to an aromatic ring is 1. The van der Waals surface area contributed by atoms with Gasteiger partial charge in [0.15, 0.2) is 5.69 Å². The van der Waals surface area contributed by atoms with Gasteiger partial charge in [0.2, 0.25) is 0 Å². The molecule has 0 aromatic carbocycles. The summed E-state index contributed by atoms with van der Waals surface area (Å²) in [5.74, 6) is 0.804. The van der Waals surface area contributed by atoms with Crippen molar-refractivity contribution in [3.63, 3.8) is 0 Å². The molecule has 0 aliphatic heterocycles. The van der Waals surface area contributed by atoms with Crippen molar-refractivity contribution in [1.29, 1.82) is 5.26 Å². The van der Waals surface area contributed by atoms with Crippen LogP contribution < -0.4 is 10.6 Å². The Morgan fingerprint density at radius 3 is 2.67 bits per heavy atom. The fourth-order valence-electron chi connectivity index (χ4n) is 1.50. The largest absolute Gasteiger partial charge is 0.396 e. The van der Waals surface area contributed by atoms with Gasteiger partial charge in [0.25, 0.3) is 0 Å². The quantitative estimate of drug-likeness (QED) is 0.814. The van der Waals surface area contributed by atoms with Crippen LogP contribution in [0.15, 0.2) is 12.1 Å². The molecule has 0 amide bonds. The molecule has 1 heterocycles. The van der Waals surface area contributed by atoms with E-state index in [-0.39, 0.29) is 0 Å². The summed E-state index contributed by atoms with van der Waals surface area (Å²) >= 11 is 0. The Labute approximate surface area is 90.3 Å². The van der Waals surface area contributed by atoms with Crippen molar-refractivity contribution in [2.45, 2.75) is 26.8 Å². The summed E-state index contributed by atoms with van der Waals surface area (Å²) in [6.45, 7) is 7.10. The number of nitriles is 1. The van der Waals surface area contributed by atoms with Crippen LogP contribution >= 0.6 is 0 Å². The van der Waals surface area contributed by atoms with Gasteiger partial charge in [0.1, 0.15) is 11.9 Å². The monoisotopic (exact) mass is 204 g/mol. The molecule has 0 unspecified atom stereocenters. The second-order valence-corrected chi connectivity index (χ2v) is 3.60. The first-order chi connectivity index (χ1) is 7.10. The van der Waals surface area contributed by atoms with Crippen molar-refractivity contribution in [3.8, 4) is 6.07 Å². The minimum atomic E-state index is 0.298. The van der Waals surface area contributed by atoms with E-state index in [2.05, 4.69) is 30.7 Å². The van der Waals surface area contributed by atoms with E-state index in [1.807, 2.05) is 12.1 Å². The topological polar surface area (TPSA) is 65.9 Å². The predicted molar refractivity (Wildman–Crippen MR) is 61.5 cm³/mol. The molecular weight excluding hydrogens is 188 g/mol. The van der Waals surface area contributed by atoms with Crippen LogP contribution in [0.1, 0.15) is 26.5 Å². The molecule has 0 spiro atoms. The molecular formula is C11H16N4. The van der Waals surface area contributed by atoms with Gasteiger partial charge in [0, 0.05) is 12.6 Å². The SMILES string of the molecule is CCN(c1ccc(N)c(C#N)n1)C(C)C. The average molecular weight is 204 g/mol. The van der Waals surface area contributed by atoms with Crippen LogP contribution in [0.3, 0.4) is 0 Å². The van der Waals surface area contributed by atoms with Gasteiger partial charge in [-0.1, -0.05) is 0 Å². The standard InChI is InChI=1S/C11H16N4/c1-4-15(8(2)3)11-6-5-9(13)10(7-12)14-11/h5-6,8H,4,13H2,1-3H3. The summed E-state index contributed by atoms with van der Waals surface area (Å²) in [7, 11) is 0. The molecule has 4 nitrogen and oxygen atoms in total. The molecule has 2 N–H and O–H groups in total. The van der Waals surface area contributed by atoms with E-state index >= 15 is 0 Å². The smallest absolute Gasteiger partial charge is 0.165 e. The van der Waals surface area contributed by atoms with Gasteiger partial charge in [-0.25, -0.2) is 4.98 Å². The van der Waals surface area contributed by atoms with Crippen LogP contribution in [0.4, 0.5) is 11.5 Å². The number of anilines is 2. The van der Waals surface area contributed by atoms with Gasteiger partial charge in [0.05, 0.1) is 5.69 Å². The van der Waals surface area contributed by atoms with Crippen molar-refractivity contribution in [2.75, 3.05) is 17.2 Å². The second-order valence-electron chi connectivity index (χ2n) is 3.60. The number of hydrogen-bond donors (Lipinski definition) is 1. The molecule has 80 valence electrons. The van der Waals surface area contributed by atoms with Gasteiger partial charge >= 0.3 is 0 Å². The average Bonchev–Trinajstić information content (AvgIpc) is 2.21. The molecule has 0 saturated heterocycles. The summed E-state index contributed by atoms with van der Waals surface area (Å²) in [5.41, 5.74) is 6.34. The van der Waals surface area contributed by atoms with E-state index in [0.717, 1.165) is 12.4 Å². The molecule has 0 aliphatic carbocycles. The Morgan fingerprint density at radius 1 is 1.53 bits per heavy atom. The highest BCUT2D eigenvalue weighted by molar-refractivity contribution is 5.55. The van der Waals surface area contributed by atoms with E-state index in [0.29, 0.717) is 17.4 Å². The highest BCUT2D eigenvalue weighted by Gasteiger charge is 2.11. The number of rotatable bonds is 3. The number of hydrogen-bond acceptors (Lipinski definition) is 4. The second kappa shape index (κ2) is 4.65. The molecule has 0 atom stereocenters. The van der Waals surface area contributed by atoms with Crippen LogP contribution in [0.5, 0.6) is 0 Å². The van der Waals surface area contributed by atoms with Gasteiger partial charge in [-0.15, -0.1) is 0 Å². The molecule has 4 heteroatoms. The summed E-state index contributed by atoms with van der Waals surface area (Å²) in [4.78, 5) is 6.33. The zero-order chi connectivity index (χ0) is 11.4.